The monoisotopic (exact) mass is 560 g/mol. The predicted octanol–water partition coefficient (Wildman–Crippen LogP) is 3.17. The maximum atomic E-state index is 13.7. The Morgan fingerprint density at radius 1 is 1.13 bits per heavy atom. The number of hydrogen-bond acceptors (Lipinski definition) is 8. The number of carbonyl (C=O) groups is 2. The van der Waals surface area contributed by atoms with Crippen LogP contribution in [0.4, 0.5) is 0 Å². The zero-order chi connectivity index (χ0) is 27.9. The normalized spacial score (nSPS) is 12.0. The standard InChI is InChI=1S/C26H32N4O6S2/c1-17(25(31)29-38(27,33)34)21-16-37-24(28-21)15-30(12-8-11-19-9-6-5-7-10-19)26(32)20-13-22(35-3)18(2)23(14-20)36-4/h5-7,9-10,13-14,16-17H,8,11-12,15H2,1-4H3,(H,29,31)(H2,27,33,34). The first-order chi connectivity index (χ1) is 18.0. The van der Waals surface area contributed by atoms with Gasteiger partial charge in [-0.1, -0.05) is 30.3 Å². The third-order valence-corrected chi connectivity index (χ3v) is 7.34. The van der Waals surface area contributed by atoms with Gasteiger partial charge in [0.1, 0.15) is 16.5 Å². The Morgan fingerprint density at radius 2 is 1.76 bits per heavy atom. The molecule has 0 bridgehead atoms. The van der Waals surface area contributed by atoms with Gasteiger partial charge >= 0.3 is 0 Å². The molecule has 0 spiro atoms. The second-order valence-corrected chi connectivity index (χ2v) is 11.0. The van der Waals surface area contributed by atoms with Crippen LogP contribution in [0.5, 0.6) is 11.5 Å². The van der Waals surface area contributed by atoms with Gasteiger partial charge in [-0.3, -0.25) is 9.59 Å². The fourth-order valence-electron chi connectivity index (χ4n) is 3.89. The fraction of sp³-hybridized carbons (Fsp3) is 0.346. The lowest BCUT2D eigenvalue weighted by atomic mass is 10.1. The van der Waals surface area contributed by atoms with E-state index in [9.17, 15) is 18.0 Å². The molecule has 0 saturated carbocycles. The molecule has 3 rings (SSSR count). The number of amides is 2. The number of aromatic nitrogens is 1. The number of aryl methyl sites for hydroxylation is 1. The molecule has 1 atom stereocenters. The molecule has 0 radical (unpaired) electrons. The molecule has 0 aliphatic heterocycles. The van der Waals surface area contributed by atoms with Crippen LogP contribution in [0.15, 0.2) is 47.8 Å². The number of nitrogens with one attached hydrogen (secondary N) is 1. The summed E-state index contributed by atoms with van der Waals surface area (Å²) in [7, 11) is -1.10. The fourth-order valence-corrected chi connectivity index (χ4v) is 5.25. The molecule has 3 aromatic rings. The number of hydrogen-bond donors (Lipinski definition) is 2. The average Bonchev–Trinajstić information content (AvgIpc) is 3.35. The highest BCUT2D eigenvalue weighted by atomic mass is 32.2. The van der Waals surface area contributed by atoms with Crippen LogP contribution >= 0.6 is 11.3 Å². The number of ether oxygens (including phenoxy) is 2. The summed E-state index contributed by atoms with van der Waals surface area (Å²) in [6, 6.07) is 13.4. The molecule has 38 heavy (non-hydrogen) atoms. The molecular weight excluding hydrogens is 528 g/mol. The minimum atomic E-state index is -4.18. The van der Waals surface area contributed by atoms with Gasteiger partial charge in [-0.15, -0.1) is 11.3 Å². The van der Waals surface area contributed by atoms with Crippen molar-refractivity contribution in [2.45, 2.75) is 39.2 Å². The van der Waals surface area contributed by atoms with E-state index in [4.69, 9.17) is 14.6 Å². The third kappa shape index (κ3) is 7.76. The SMILES string of the molecule is COc1cc(C(=O)N(CCCc2ccccc2)Cc2nc(C(C)C(=O)NS(N)(=O)=O)cs2)cc(OC)c1C. The van der Waals surface area contributed by atoms with Crippen molar-refractivity contribution < 1.29 is 27.5 Å². The molecule has 0 aliphatic carbocycles. The lowest BCUT2D eigenvalue weighted by Crippen LogP contribution is -2.38. The van der Waals surface area contributed by atoms with Gasteiger partial charge in [0, 0.05) is 23.1 Å². The molecule has 10 nitrogen and oxygen atoms in total. The van der Waals surface area contributed by atoms with E-state index >= 15 is 0 Å². The molecule has 0 aliphatic rings. The zero-order valence-corrected chi connectivity index (χ0v) is 23.4. The van der Waals surface area contributed by atoms with Gasteiger partial charge in [0.15, 0.2) is 0 Å². The van der Waals surface area contributed by atoms with Crippen molar-refractivity contribution in [3.63, 3.8) is 0 Å². The quantitative estimate of drug-likeness (QED) is 0.347. The summed E-state index contributed by atoms with van der Waals surface area (Å²) in [5.41, 5.74) is 2.77. The third-order valence-electron chi connectivity index (χ3n) is 6.00. The van der Waals surface area contributed by atoms with Crippen LogP contribution in [0.25, 0.3) is 0 Å². The van der Waals surface area contributed by atoms with Crippen LogP contribution in [0.3, 0.4) is 0 Å². The molecule has 2 aromatic carbocycles. The number of thiazole rings is 1. The van der Waals surface area contributed by atoms with E-state index in [0.29, 0.717) is 34.3 Å². The summed E-state index contributed by atoms with van der Waals surface area (Å²) in [4.78, 5) is 32.1. The largest absolute Gasteiger partial charge is 0.496 e. The summed E-state index contributed by atoms with van der Waals surface area (Å²) in [5.74, 6) is -0.747. The summed E-state index contributed by atoms with van der Waals surface area (Å²) < 4.78 is 35.1. The van der Waals surface area contributed by atoms with Gasteiger partial charge in [0.05, 0.1) is 32.4 Å². The minimum absolute atomic E-state index is 0.209. The summed E-state index contributed by atoms with van der Waals surface area (Å²) in [6.07, 6.45) is 1.51. The first-order valence-electron chi connectivity index (χ1n) is 11.9. The van der Waals surface area contributed by atoms with E-state index in [0.717, 1.165) is 18.4 Å². The highest BCUT2D eigenvalue weighted by Crippen LogP contribution is 2.30. The van der Waals surface area contributed by atoms with Crippen LogP contribution < -0.4 is 19.3 Å². The lowest BCUT2D eigenvalue weighted by Gasteiger charge is -2.23. The maximum Gasteiger partial charge on any atom is 0.298 e. The van der Waals surface area contributed by atoms with E-state index in [2.05, 4.69) is 4.98 Å². The zero-order valence-electron chi connectivity index (χ0n) is 21.8. The van der Waals surface area contributed by atoms with Gasteiger partial charge < -0.3 is 14.4 Å². The topological polar surface area (TPSA) is 141 Å². The molecule has 1 heterocycles. The van der Waals surface area contributed by atoms with Crippen LogP contribution in [-0.4, -0.2) is 50.9 Å². The molecule has 3 N–H and O–H groups in total. The van der Waals surface area contributed by atoms with Gasteiger partial charge in [-0.2, -0.15) is 8.42 Å². The van der Waals surface area contributed by atoms with Crippen LogP contribution in [-0.2, 0) is 28.0 Å². The minimum Gasteiger partial charge on any atom is -0.496 e. The van der Waals surface area contributed by atoms with Crippen molar-refractivity contribution in [2.75, 3.05) is 20.8 Å². The number of nitrogens with zero attached hydrogens (tertiary/aromatic N) is 2. The predicted molar refractivity (Wildman–Crippen MR) is 146 cm³/mol. The molecule has 12 heteroatoms. The summed E-state index contributed by atoms with van der Waals surface area (Å²) >= 11 is 1.29. The van der Waals surface area contributed by atoms with Crippen molar-refractivity contribution in [1.29, 1.82) is 0 Å². The summed E-state index contributed by atoms with van der Waals surface area (Å²) in [6.45, 7) is 4.06. The first-order valence-corrected chi connectivity index (χ1v) is 14.3. The molecule has 0 saturated heterocycles. The van der Waals surface area contributed by atoms with E-state index in [1.807, 2.05) is 37.3 Å². The highest BCUT2D eigenvalue weighted by molar-refractivity contribution is 7.87. The number of methoxy groups -OCH3 is 2. The second kappa shape index (κ2) is 12.9. The van der Waals surface area contributed by atoms with Crippen molar-refractivity contribution >= 4 is 33.4 Å². The Hall–Kier alpha value is -3.48. The summed E-state index contributed by atoms with van der Waals surface area (Å²) in [5, 5.41) is 7.19. The Bertz CT molecular complexity index is 1350. The van der Waals surface area contributed by atoms with Crippen molar-refractivity contribution in [2.24, 2.45) is 5.14 Å². The highest BCUT2D eigenvalue weighted by Gasteiger charge is 2.24. The lowest BCUT2D eigenvalue weighted by molar-refractivity contribution is -0.120. The van der Waals surface area contributed by atoms with Gasteiger partial charge in [-0.25, -0.2) is 14.8 Å². The van der Waals surface area contributed by atoms with E-state index < -0.39 is 22.0 Å². The smallest absolute Gasteiger partial charge is 0.298 e. The van der Waals surface area contributed by atoms with Crippen LogP contribution in [0, 0.1) is 6.92 Å². The number of carbonyl (C=O) groups excluding carboxylic acids is 2. The molecule has 2 amide bonds. The Kier molecular flexibility index (Phi) is 9.84. The van der Waals surface area contributed by atoms with Crippen LogP contribution in [0.2, 0.25) is 0 Å². The van der Waals surface area contributed by atoms with Gasteiger partial charge in [-0.05, 0) is 44.4 Å². The van der Waals surface area contributed by atoms with Crippen molar-refractivity contribution in [1.82, 2.24) is 14.6 Å². The molecule has 1 unspecified atom stereocenters. The maximum absolute atomic E-state index is 13.7. The molecule has 1 aromatic heterocycles. The van der Waals surface area contributed by atoms with E-state index in [-0.39, 0.29) is 12.5 Å². The van der Waals surface area contributed by atoms with Crippen LogP contribution in [0.1, 0.15) is 51.4 Å². The Morgan fingerprint density at radius 3 is 2.34 bits per heavy atom. The van der Waals surface area contributed by atoms with Gasteiger partial charge in [0.2, 0.25) is 5.91 Å². The first kappa shape index (κ1) is 29.1. The van der Waals surface area contributed by atoms with Crippen molar-refractivity contribution in [3.8, 4) is 11.5 Å². The molecule has 204 valence electrons. The second-order valence-electron chi connectivity index (χ2n) is 8.72. The Balaban J connectivity index is 1.84. The van der Waals surface area contributed by atoms with Crippen molar-refractivity contribution in [3.05, 3.63) is 75.2 Å². The molecular formula is C26H32N4O6S2. The average molecular weight is 561 g/mol. The number of benzene rings is 2. The molecule has 0 fully saturated rings. The van der Waals surface area contributed by atoms with Gasteiger partial charge in [0.25, 0.3) is 16.1 Å². The number of nitrogens with two attached hydrogens (primary N) is 1. The Labute approximate surface area is 227 Å². The van der Waals surface area contributed by atoms with E-state index in [1.54, 1.807) is 27.1 Å². The van der Waals surface area contributed by atoms with E-state index in [1.165, 1.54) is 38.0 Å². The number of rotatable bonds is 12.